The maximum Gasteiger partial charge on any atom is 0.439 e. The number of aliphatic hydroxyl groups is 1. The van der Waals surface area contributed by atoms with Crippen molar-refractivity contribution < 1.29 is 32.5 Å². The molecular formula is C18H21F3N2O4. The molecule has 0 aromatic heterocycles. The molecule has 2 aliphatic rings. The highest BCUT2D eigenvalue weighted by Crippen LogP contribution is 2.48. The van der Waals surface area contributed by atoms with E-state index in [4.69, 9.17) is 9.47 Å². The predicted octanol–water partition coefficient (Wildman–Crippen LogP) is 3.35. The zero-order chi connectivity index (χ0) is 19.8. The monoisotopic (exact) mass is 386 g/mol. The second-order valence-corrected chi connectivity index (χ2v) is 6.65. The van der Waals surface area contributed by atoms with Crippen LogP contribution in [0.1, 0.15) is 42.5 Å². The Labute approximate surface area is 154 Å². The molecule has 1 amide bonds. The summed E-state index contributed by atoms with van der Waals surface area (Å²) in [6, 6.07) is 4.00. The molecule has 0 spiro atoms. The van der Waals surface area contributed by atoms with Gasteiger partial charge in [0, 0.05) is 11.3 Å². The average Bonchev–Trinajstić information content (AvgIpc) is 2.79. The number of halogens is 3. The van der Waals surface area contributed by atoms with E-state index < -0.39 is 23.7 Å². The van der Waals surface area contributed by atoms with Crippen molar-refractivity contribution >= 4 is 11.6 Å². The van der Waals surface area contributed by atoms with Gasteiger partial charge in [0.05, 0.1) is 20.1 Å². The molecule has 1 fully saturated rings. The summed E-state index contributed by atoms with van der Waals surface area (Å²) in [6.45, 7) is 0. The van der Waals surface area contributed by atoms with E-state index in [9.17, 15) is 23.1 Å². The predicted molar refractivity (Wildman–Crippen MR) is 90.7 cm³/mol. The number of alkyl halides is 3. The summed E-state index contributed by atoms with van der Waals surface area (Å²) in [5, 5.41) is 14.8. The van der Waals surface area contributed by atoms with Crippen LogP contribution in [0.25, 0.3) is 0 Å². The molecule has 1 aliphatic carbocycles. The van der Waals surface area contributed by atoms with Crippen LogP contribution >= 0.6 is 0 Å². The van der Waals surface area contributed by atoms with Crippen molar-refractivity contribution in [1.82, 2.24) is 5.01 Å². The van der Waals surface area contributed by atoms with E-state index in [0.29, 0.717) is 25.0 Å². The molecule has 0 unspecified atom stereocenters. The Morgan fingerprint density at radius 1 is 1.22 bits per heavy atom. The number of ether oxygens (including phenoxy) is 2. The molecular weight excluding hydrogens is 365 g/mol. The Morgan fingerprint density at radius 3 is 2.56 bits per heavy atom. The first-order chi connectivity index (χ1) is 12.7. The van der Waals surface area contributed by atoms with Crippen LogP contribution in [0, 0.1) is 5.92 Å². The van der Waals surface area contributed by atoms with Gasteiger partial charge in [-0.2, -0.15) is 23.3 Å². The highest BCUT2D eigenvalue weighted by Gasteiger charge is 2.68. The first-order valence-electron chi connectivity index (χ1n) is 8.67. The summed E-state index contributed by atoms with van der Waals surface area (Å²) >= 11 is 0. The Bertz CT molecular complexity index is 765. The molecule has 6 nitrogen and oxygen atoms in total. The van der Waals surface area contributed by atoms with Gasteiger partial charge < -0.3 is 14.6 Å². The largest absolute Gasteiger partial charge is 0.493 e. The summed E-state index contributed by atoms with van der Waals surface area (Å²) < 4.78 is 51.8. The van der Waals surface area contributed by atoms with Gasteiger partial charge in [0.2, 0.25) is 0 Å². The van der Waals surface area contributed by atoms with Crippen LogP contribution in [-0.2, 0) is 0 Å². The SMILES string of the molecule is COc1ccc(C(=O)N2N=C3CCCCC[C@H]3[C@@]2(O)C(F)(F)F)cc1OC. The van der Waals surface area contributed by atoms with Crippen molar-refractivity contribution in [3.05, 3.63) is 23.8 Å². The number of amides is 1. The molecule has 1 N–H and O–H groups in total. The molecule has 0 radical (unpaired) electrons. The van der Waals surface area contributed by atoms with Gasteiger partial charge in [0.1, 0.15) is 0 Å². The highest BCUT2D eigenvalue weighted by molar-refractivity contribution is 5.99. The maximum atomic E-state index is 13.9. The lowest BCUT2D eigenvalue weighted by Crippen LogP contribution is -2.61. The van der Waals surface area contributed by atoms with Crippen molar-refractivity contribution in [3.63, 3.8) is 0 Å². The molecule has 9 heteroatoms. The van der Waals surface area contributed by atoms with E-state index >= 15 is 0 Å². The minimum atomic E-state index is -5.04. The average molecular weight is 386 g/mol. The number of carbonyl (C=O) groups excluding carboxylic acids is 1. The molecule has 1 aromatic carbocycles. The Balaban J connectivity index is 2.04. The van der Waals surface area contributed by atoms with Gasteiger partial charge in [-0.05, 0) is 37.5 Å². The lowest BCUT2D eigenvalue weighted by atomic mass is 9.87. The smallest absolute Gasteiger partial charge is 0.439 e. The Kier molecular flexibility index (Phi) is 5.07. The third kappa shape index (κ3) is 3.13. The molecule has 0 bridgehead atoms. The van der Waals surface area contributed by atoms with E-state index in [1.54, 1.807) is 0 Å². The third-order valence-electron chi connectivity index (χ3n) is 5.11. The summed E-state index contributed by atoms with van der Waals surface area (Å²) in [5.74, 6) is -1.77. The molecule has 1 aliphatic heterocycles. The van der Waals surface area contributed by atoms with E-state index in [-0.39, 0.29) is 28.5 Å². The minimum Gasteiger partial charge on any atom is -0.493 e. The van der Waals surface area contributed by atoms with Crippen LogP contribution in [-0.4, -0.2) is 47.9 Å². The quantitative estimate of drug-likeness (QED) is 0.865. The van der Waals surface area contributed by atoms with Crippen molar-refractivity contribution in [2.24, 2.45) is 11.0 Å². The van der Waals surface area contributed by atoms with E-state index in [1.807, 2.05) is 0 Å². The van der Waals surface area contributed by atoms with Gasteiger partial charge in [-0.3, -0.25) is 4.79 Å². The number of rotatable bonds is 3. The summed E-state index contributed by atoms with van der Waals surface area (Å²) in [6.07, 6.45) is -2.59. The number of carbonyl (C=O) groups is 1. The van der Waals surface area contributed by atoms with Crippen molar-refractivity contribution in [2.45, 2.75) is 44.0 Å². The third-order valence-corrected chi connectivity index (χ3v) is 5.11. The fraction of sp³-hybridized carbons (Fsp3) is 0.556. The minimum absolute atomic E-state index is 0.0869. The Morgan fingerprint density at radius 2 is 1.93 bits per heavy atom. The summed E-state index contributed by atoms with van der Waals surface area (Å²) in [5.41, 5.74) is -3.21. The first-order valence-corrected chi connectivity index (χ1v) is 8.67. The number of hydrazone groups is 1. The van der Waals surface area contributed by atoms with Crippen LogP contribution < -0.4 is 9.47 Å². The van der Waals surface area contributed by atoms with Gasteiger partial charge in [-0.25, -0.2) is 0 Å². The van der Waals surface area contributed by atoms with E-state index in [1.165, 1.54) is 32.4 Å². The summed E-state index contributed by atoms with van der Waals surface area (Å²) in [7, 11) is 2.76. The zero-order valence-electron chi connectivity index (χ0n) is 15.0. The number of nitrogens with zero attached hydrogens (tertiary/aromatic N) is 2. The number of methoxy groups -OCH3 is 2. The lowest BCUT2D eigenvalue weighted by molar-refractivity contribution is -0.312. The van der Waals surface area contributed by atoms with E-state index in [0.717, 1.165) is 6.42 Å². The van der Waals surface area contributed by atoms with Gasteiger partial charge in [-0.1, -0.05) is 12.8 Å². The van der Waals surface area contributed by atoms with Crippen LogP contribution in [0.15, 0.2) is 23.3 Å². The number of hydrogen-bond acceptors (Lipinski definition) is 5. The first kappa shape index (κ1) is 19.5. The van der Waals surface area contributed by atoms with Gasteiger partial charge in [0.25, 0.3) is 11.6 Å². The number of fused-ring (bicyclic) bond motifs is 1. The van der Waals surface area contributed by atoms with Crippen LogP contribution in [0.5, 0.6) is 11.5 Å². The molecule has 1 saturated carbocycles. The van der Waals surface area contributed by atoms with Crippen LogP contribution in [0.2, 0.25) is 0 Å². The van der Waals surface area contributed by atoms with Crippen molar-refractivity contribution in [2.75, 3.05) is 14.2 Å². The Hall–Kier alpha value is -2.29. The molecule has 0 saturated heterocycles. The molecule has 2 atom stereocenters. The normalized spacial score (nSPS) is 25.5. The fourth-order valence-corrected chi connectivity index (χ4v) is 3.69. The van der Waals surface area contributed by atoms with Crippen molar-refractivity contribution in [1.29, 1.82) is 0 Å². The molecule has 3 rings (SSSR count). The summed E-state index contributed by atoms with van der Waals surface area (Å²) in [4.78, 5) is 12.9. The topological polar surface area (TPSA) is 71.4 Å². The van der Waals surface area contributed by atoms with E-state index in [2.05, 4.69) is 5.10 Å². The van der Waals surface area contributed by atoms with Gasteiger partial charge in [-0.15, -0.1) is 0 Å². The molecule has 27 heavy (non-hydrogen) atoms. The van der Waals surface area contributed by atoms with Crippen LogP contribution in [0.3, 0.4) is 0 Å². The molecule has 1 aromatic rings. The number of hydrogen-bond donors (Lipinski definition) is 1. The number of benzene rings is 1. The highest BCUT2D eigenvalue weighted by atomic mass is 19.4. The standard InChI is InChI=1S/C18H21F3N2O4/c1-26-14-9-8-11(10-15(14)27-2)16(24)23-17(25,18(19,20)21)12-6-4-3-5-7-13(12)22-23/h8-10,12,25H,3-7H2,1-2H3/t12-,17-/m1/s1. The molecule has 148 valence electrons. The second-order valence-electron chi connectivity index (χ2n) is 6.65. The maximum absolute atomic E-state index is 13.9. The lowest BCUT2D eigenvalue weighted by Gasteiger charge is -2.37. The second kappa shape index (κ2) is 7.03. The van der Waals surface area contributed by atoms with Crippen LogP contribution in [0.4, 0.5) is 13.2 Å². The zero-order valence-corrected chi connectivity index (χ0v) is 15.0. The van der Waals surface area contributed by atoms with Crippen molar-refractivity contribution in [3.8, 4) is 11.5 Å². The molecule has 1 heterocycles. The van der Waals surface area contributed by atoms with Gasteiger partial charge >= 0.3 is 6.18 Å². The van der Waals surface area contributed by atoms with Gasteiger partial charge in [0.15, 0.2) is 11.5 Å². The fourth-order valence-electron chi connectivity index (χ4n) is 3.69.